The predicted molar refractivity (Wildman–Crippen MR) is 82.8 cm³/mol. The van der Waals surface area contributed by atoms with Gasteiger partial charge in [-0.15, -0.1) is 0 Å². The van der Waals surface area contributed by atoms with E-state index in [0.717, 1.165) is 35.4 Å². The molecule has 0 radical (unpaired) electrons. The van der Waals surface area contributed by atoms with Crippen molar-refractivity contribution >= 4 is 39.5 Å². The van der Waals surface area contributed by atoms with Crippen LogP contribution in [-0.4, -0.2) is 11.5 Å². The first-order valence-electron chi connectivity index (χ1n) is 5.92. The molecule has 0 bridgehead atoms. The summed E-state index contributed by atoms with van der Waals surface area (Å²) in [6.45, 7) is 1.35. The largest absolute Gasteiger partial charge is 0.324 e. The minimum absolute atomic E-state index is 0.169. The summed E-state index contributed by atoms with van der Waals surface area (Å²) in [5, 5.41) is 17.0. The molecule has 106 valence electrons. The van der Waals surface area contributed by atoms with E-state index in [1.54, 1.807) is 17.5 Å². The zero-order valence-electron chi connectivity index (χ0n) is 10.4. The number of benzene rings is 1. The van der Waals surface area contributed by atoms with Crippen molar-refractivity contribution in [1.29, 1.82) is 0 Å². The van der Waals surface area contributed by atoms with Gasteiger partial charge in [0.05, 0.1) is 4.92 Å². The maximum absolute atomic E-state index is 10.6. The van der Waals surface area contributed by atoms with E-state index in [1.165, 1.54) is 0 Å². The highest BCUT2D eigenvalue weighted by Crippen LogP contribution is 2.23. The van der Waals surface area contributed by atoms with Crippen LogP contribution in [0.2, 0.25) is 10.0 Å². The summed E-state index contributed by atoms with van der Waals surface area (Å²) >= 11 is 13.1. The van der Waals surface area contributed by atoms with E-state index in [-0.39, 0.29) is 9.92 Å². The SMILES string of the molecule is O=[N+]([O-])c1cc(CNCCc2ccc(Cl)cc2Cl)cs1. The van der Waals surface area contributed by atoms with Crippen LogP contribution >= 0.6 is 34.5 Å². The first-order chi connectivity index (χ1) is 9.56. The van der Waals surface area contributed by atoms with Crippen molar-refractivity contribution in [3.63, 3.8) is 0 Å². The van der Waals surface area contributed by atoms with Crippen molar-refractivity contribution in [3.8, 4) is 0 Å². The maximum atomic E-state index is 10.6. The predicted octanol–water partition coefficient (Wildman–Crippen LogP) is 4.30. The number of hydrogen-bond donors (Lipinski definition) is 1. The second-order valence-corrected chi connectivity index (χ2v) is 5.95. The number of nitrogens with one attached hydrogen (secondary N) is 1. The summed E-state index contributed by atoms with van der Waals surface area (Å²) in [6.07, 6.45) is 0.780. The molecular formula is C13H12Cl2N2O2S. The molecule has 2 rings (SSSR count). The highest BCUT2D eigenvalue weighted by atomic mass is 35.5. The van der Waals surface area contributed by atoms with E-state index in [0.29, 0.717) is 16.6 Å². The topological polar surface area (TPSA) is 55.2 Å². The lowest BCUT2D eigenvalue weighted by Crippen LogP contribution is -2.16. The van der Waals surface area contributed by atoms with Crippen molar-refractivity contribution < 1.29 is 4.92 Å². The van der Waals surface area contributed by atoms with Gasteiger partial charge in [0.2, 0.25) is 0 Å². The fourth-order valence-electron chi connectivity index (χ4n) is 1.73. The zero-order valence-corrected chi connectivity index (χ0v) is 12.8. The van der Waals surface area contributed by atoms with Crippen LogP contribution in [-0.2, 0) is 13.0 Å². The first kappa shape index (κ1) is 15.3. The van der Waals surface area contributed by atoms with Crippen molar-refractivity contribution in [1.82, 2.24) is 5.32 Å². The van der Waals surface area contributed by atoms with Gasteiger partial charge in [-0.25, -0.2) is 0 Å². The average molecular weight is 331 g/mol. The van der Waals surface area contributed by atoms with Crippen LogP contribution in [0.5, 0.6) is 0 Å². The van der Waals surface area contributed by atoms with Crippen LogP contribution < -0.4 is 5.32 Å². The molecule has 1 heterocycles. The Kier molecular flexibility index (Phi) is 5.37. The molecule has 0 saturated heterocycles. The highest BCUT2D eigenvalue weighted by molar-refractivity contribution is 7.13. The Balaban J connectivity index is 1.79. The van der Waals surface area contributed by atoms with Gasteiger partial charge < -0.3 is 5.32 Å². The fourth-order valence-corrected chi connectivity index (χ4v) is 2.96. The van der Waals surface area contributed by atoms with Crippen molar-refractivity contribution in [3.05, 3.63) is 60.9 Å². The maximum Gasteiger partial charge on any atom is 0.324 e. The van der Waals surface area contributed by atoms with Gasteiger partial charge in [-0.3, -0.25) is 10.1 Å². The normalized spacial score (nSPS) is 10.7. The minimum Gasteiger partial charge on any atom is -0.312 e. The Bertz CT molecular complexity index is 616. The van der Waals surface area contributed by atoms with Crippen LogP contribution in [0.25, 0.3) is 0 Å². The van der Waals surface area contributed by atoms with E-state index < -0.39 is 0 Å². The Labute approximate surface area is 130 Å². The number of nitrogens with zero attached hydrogens (tertiary/aromatic N) is 1. The fraction of sp³-hybridized carbons (Fsp3) is 0.231. The van der Waals surface area contributed by atoms with Crippen molar-refractivity contribution in [2.24, 2.45) is 0 Å². The summed E-state index contributed by atoms with van der Waals surface area (Å²) in [5.74, 6) is 0. The summed E-state index contributed by atoms with van der Waals surface area (Å²) in [6, 6.07) is 7.03. The molecule has 0 unspecified atom stereocenters. The lowest BCUT2D eigenvalue weighted by atomic mass is 10.1. The molecule has 1 aromatic carbocycles. The van der Waals surface area contributed by atoms with E-state index in [9.17, 15) is 10.1 Å². The molecule has 0 fully saturated rings. The Morgan fingerprint density at radius 2 is 2.10 bits per heavy atom. The molecule has 1 N–H and O–H groups in total. The molecule has 0 aliphatic heterocycles. The molecule has 2 aromatic rings. The van der Waals surface area contributed by atoms with Gasteiger partial charge >= 0.3 is 5.00 Å². The molecule has 1 aromatic heterocycles. The van der Waals surface area contributed by atoms with Crippen molar-refractivity contribution in [2.75, 3.05) is 6.54 Å². The molecular weight excluding hydrogens is 319 g/mol. The lowest BCUT2D eigenvalue weighted by Gasteiger charge is -2.06. The van der Waals surface area contributed by atoms with Gasteiger partial charge in [0.15, 0.2) is 0 Å². The second-order valence-electron chi connectivity index (χ2n) is 4.21. The van der Waals surface area contributed by atoms with Gasteiger partial charge in [-0.05, 0) is 36.2 Å². The van der Waals surface area contributed by atoms with Gasteiger partial charge in [0.25, 0.3) is 0 Å². The van der Waals surface area contributed by atoms with Gasteiger partial charge in [0, 0.05) is 28.0 Å². The van der Waals surface area contributed by atoms with Crippen LogP contribution in [0, 0.1) is 10.1 Å². The summed E-state index contributed by atoms with van der Waals surface area (Å²) < 4.78 is 0. The van der Waals surface area contributed by atoms with Gasteiger partial charge in [-0.2, -0.15) is 0 Å². The third-order valence-electron chi connectivity index (χ3n) is 2.74. The molecule has 0 aliphatic carbocycles. The Hall–Kier alpha value is -1.14. The lowest BCUT2D eigenvalue weighted by molar-refractivity contribution is -0.380. The Morgan fingerprint density at radius 3 is 2.75 bits per heavy atom. The van der Waals surface area contributed by atoms with E-state index >= 15 is 0 Å². The van der Waals surface area contributed by atoms with Crippen LogP contribution in [0.3, 0.4) is 0 Å². The van der Waals surface area contributed by atoms with Crippen LogP contribution in [0.4, 0.5) is 5.00 Å². The molecule has 20 heavy (non-hydrogen) atoms. The second kappa shape index (κ2) is 7.04. The van der Waals surface area contributed by atoms with E-state index in [1.807, 2.05) is 12.1 Å². The quantitative estimate of drug-likeness (QED) is 0.488. The summed E-state index contributed by atoms with van der Waals surface area (Å²) in [7, 11) is 0. The zero-order chi connectivity index (χ0) is 14.5. The van der Waals surface area contributed by atoms with Crippen LogP contribution in [0.1, 0.15) is 11.1 Å². The molecule has 0 spiro atoms. The Morgan fingerprint density at radius 1 is 1.30 bits per heavy atom. The number of nitro groups is 1. The summed E-state index contributed by atoms with van der Waals surface area (Å²) in [5.41, 5.74) is 1.95. The number of halogens is 2. The standard InChI is InChI=1S/C13H12Cl2N2O2S/c14-11-2-1-10(12(15)6-11)3-4-16-7-9-5-13(17(18)19)20-8-9/h1-2,5-6,8,16H,3-4,7H2. The third-order valence-corrected chi connectivity index (χ3v) is 4.25. The van der Waals surface area contributed by atoms with Crippen LogP contribution in [0.15, 0.2) is 29.6 Å². The molecule has 0 saturated carbocycles. The van der Waals surface area contributed by atoms with Gasteiger partial charge in [0.1, 0.15) is 0 Å². The first-order valence-corrected chi connectivity index (χ1v) is 7.56. The number of hydrogen-bond acceptors (Lipinski definition) is 4. The molecule has 0 atom stereocenters. The molecule has 4 nitrogen and oxygen atoms in total. The van der Waals surface area contributed by atoms with Crippen molar-refractivity contribution in [2.45, 2.75) is 13.0 Å². The number of rotatable bonds is 6. The smallest absolute Gasteiger partial charge is 0.312 e. The molecule has 0 aliphatic rings. The molecule has 0 amide bonds. The summed E-state index contributed by atoms with van der Waals surface area (Å²) in [4.78, 5) is 10.2. The van der Waals surface area contributed by atoms with E-state index in [2.05, 4.69) is 5.32 Å². The average Bonchev–Trinajstić information content (AvgIpc) is 2.85. The highest BCUT2D eigenvalue weighted by Gasteiger charge is 2.09. The number of thiophene rings is 1. The van der Waals surface area contributed by atoms with Gasteiger partial charge in [-0.1, -0.05) is 40.6 Å². The molecule has 7 heteroatoms. The minimum atomic E-state index is -0.373. The third kappa shape index (κ3) is 4.18. The van der Waals surface area contributed by atoms with E-state index in [4.69, 9.17) is 23.2 Å². The monoisotopic (exact) mass is 330 g/mol.